The third-order valence-corrected chi connectivity index (χ3v) is 1.07. The summed E-state index contributed by atoms with van der Waals surface area (Å²) in [5.74, 6) is 2.20. The first-order valence-electron chi connectivity index (χ1n) is 4.48. The number of terminal acetylenes is 1. The van der Waals surface area contributed by atoms with E-state index in [2.05, 4.69) is 5.92 Å². The van der Waals surface area contributed by atoms with Crippen LogP contribution in [0.1, 0.15) is 20.8 Å². The molecule has 0 N–H and O–H groups in total. The molecule has 0 aromatic carbocycles. The fourth-order valence-corrected chi connectivity index (χ4v) is 0.639. The van der Waals surface area contributed by atoms with E-state index in [9.17, 15) is 4.79 Å². The number of rotatable bonds is 4. The van der Waals surface area contributed by atoms with Crippen LogP contribution in [0.3, 0.4) is 0 Å². The van der Waals surface area contributed by atoms with Crippen molar-refractivity contribution in [2.75, 3.05) is 26.7 Å². The lowest BCUT2D eigenvalue weighted by Gasteiger charge is -2.10. The van der Waals surface area contributed by atoms with Crippen LogP contribution in [0.25, 0.3) is 0 Å². The average molecular weight is 185 g/mol. The Kier molecular flexibility index (Phi) is 12.3. The summed E-state index contributed by atoms with van der Waals surface area (Å²) in [5.41, 5.74) is 0. The second kappa shape index (κ2) is 11.0. The Morgan fingerprint density at radius 3 is 2.46 bits per heavy atom. The van der Waals surface area contributed by atoms with Gasteiger partial charge >= 0.3 is 5.97 Å². The highest BCUT2D eigenvalue weighted by atomic mass is 16.5. The molecule has 0 fully saturated rings. The average Bonchev–Trinajstić information content (AvgIpc) is 2.08. The number of ether oxygens (including phenoxy) is 1. The van der Waals surface area contributed by atoms with Crippen molar-refractivity contribution in [2.45, 2.75) is 20.8 Å². The minimum absolute atomic E-state index is 0.231. The van der Waals surface area contributed by atoms with Gasteiger partial charge in [0.15, 0.2) is 0 Å². The number of esters is 1. The zero-order valence-electron chi connectivity index (χ0n) is 8.96. The van der Waals surface area contributed by atoms with Crippen molar-refractivity contribution < 1.29 is 9.53 Å². The molecular formula is C10H19NO2. The van der Waals surface area contributed by atoms with Crippen LogP contribution < -0.4 is 0 Å². The number of likely N-dealkylation sites (N-methyl/N-ethyl adjacent to an activating group) is 1. The van der Waals surface area contributed by atoms with Crippen LogP contribution in [0, 0.1) is 12.3 Å². The molecule has 0 aliphatic heterocycles. The van der Waals surface area contributed by atoms with Gasteiger partial charge in [0.25, 0.3) is 0 Å². The van der Waals surface area contributed by atoms with Crippen LogP contribution >= 0.6 is 0 Å². The zero-order chi connectivity index (χ0) is 10.7. The summed E-state index contributed by atoms with van der Waals surface area (Å²) >= 11 is 0. The first-order valence-corrected chi connectivity index (χ1v) is 4.48. The molecule has 0 amide bonds. The van der Waals surface area contributed by atoms with E-state index >= 15 is 0 Å². The summed E-state index contributed by atoms with van der Waals surface area (Å²) in [5, 5.41) is 0. The maximum Gasteiger partial charge on any atom is 0.320 e. The van der Waals surface area contributed by atoms with Crippen molar-refractivity contribution in [3.63, 3.8) is 0 Å². The molecule has 3 heteroatoms. The van der Waals surface area contributed by atoms with Gasteiger partial charge < -0.3 is 4.74 Å². The number of hydrogen-bond acceptors (Lipinski definition) is 3. The molecule has 0 atom stereocenters. The lowest BCUT2D eigenvalue weighted by atomic mass is 10.5. The first-order chi connectivity index (χ1) is 6.20. The third-order valence-electron chi connectivity index (χ3n) is 1.07. The van der Waals surface area contributed by atoms with Crippen LogP contribution in [0.2, 0.25) is 0 Å². The Labute approximate surface area is 81.1 Å². The van der Waals surface area contributed by atoms with Gasteiger partial charge in [-0.15, -0.1) is 6.42 Å². The molecule has 0 heterocycles. The summed E-state index contributed by atoms with van der Waals surface area (Å²) in [6, 6.07) is 0. The van der Waals surface area contributed by atoms with Gasteiger partial charge in [-0.1, -0.05) is 19.8 Å². The van der Waals surface area contributed by atoms with Crippen molar-refractivity contribution in [1.82, 2.24) is 4.90 Å². The third kappa shape index (κ3) is 11.0. The van der Waals surface area contributed by atoms with Crippen LogP contribution in [0.15, 0.2) is 0 Å². The highest BCUT2D eigenvalue weighted by Crippen LogP contribution is 1.83. The Bertz CT molecular complexity index is 161. The van der Waals surface area contributed by atoms with Gasteiger partial charge in [0.1, 0.15) is 0 Å². The molecule has 3 nitrogen and oxygen atoms in total. The van der Waals surface area contributed by atoms with E-state index in [4.69, 9.17) is 11.2 Å². The summed E-state index contributed by atoms with van der Waals surface area (Å²) in [6.07, 6.45) is 5.04. The summed E-state index contributed by atoms with van der Waals surface area (Å²) < 4.78 is 4.71. The van der Waals surface area contributed by atoms with Gasteiger partial charge in [-0.05, 0) is 14.0 Å². The van der Waals surface area contributed by atoms with E-state index < -0.39 is 0 Å². The predicted octanol–water partition coefficient (Wildman–Crippen LogP) is 1.14. The first kappa shape index (κ1) is 14.5. The minimum atomic E-state index is -0.231. The normalized spacial score (nSPS) is 8.31. The van der Waals surface area contributed by atoms with E-state index in [1.165, 1.54) is 0 Å². The summed E-state index contributed by atoms with van der Waals surface area (Å²) in [7, 11) is 1.77. The standard InChI is InChI=1S/C8H13NO2.C2H6/c1-4-6-9(3)7-8(10)11-5-2;1-2/h1H,5-7H2,2-3H3;1-2H3. The maximum atomic E-state index is 10.8. The predicted molar refractivity (Wildman–Crippen MR) is 54.3 cm³/mol. The summed E-state index contributed by atoms with van der Waals surface area (Å²) in [4.78, 5) is 12.5. The molecule has 0 aliphatic carbocycles. The topological polar surface area (TPSA) is 29.5 Å². The SMILES string of the molecule is C#CCN(C)CC(=O)OCC.CC. The number of hydrogen-bond donors (Lipinski definition) is 0. The molecule has 76 valence electrons. The molecular weight excluding hydrogens is 166 g/mol. The smallest absolute Gasteiger partial charge is 0.320 e. The Morgan fingerprint density at radius 1 is 1.54 bits per heavy atom. The zero-order valence-corrected chi connectivity index (χ0v) is 8.96. The van der Waals surface area contributed by atoms with Gasteiger partial charge in [0.2, 0.25) is 0 Å². The maximum absolute atomic E-state index is 10.8. The Morgan fingerprint density at radius 2 is 2.08 bits per heavy atom. The molecule has 0 aromatic heterocycles. The lowest BCUT2D eigenvalue weighted by molar-refractivity contribution is -0.143. The molecule has 0 spiro atoms. The molecule has 0 saturated carbocycles. The highest BCUT2D eigenvalue weighted by molar-refractivity contribution is 5.71. The fourth-order valence-electron chi connectivity index (χ4n) is 0.639. The van der Waals surface area contributed by atoms with Gasteiger partial charge in [-0.2, -0.15) is 0 Å². The monoisotopic (exact) mass is 185 g/mol. The number of carbonyl (C=O) groups excluding carboxylic acids is 1. The van der Waals surface area contributed by atoms with Crippen LogP contribution in [0.5, 0.6) is 0 Å². The van der Waals surface area contributed by atoms with Crippen molar-refractivity contribution in [3.8, 4) is 12.3 Å². The largest absolute Gasteiger partial charge is 0.465 e. The van der Waals surface area contributed by atoms with Gasteiger partial charge in [0, 0.05) is 0 Å². The molecule has 0 aliphatic rings. The highest BCUT2D eigenvalue weighted by Gasteiger charge is 2.04. The molecule has 0 saturated heterocycles. The van der Waals surface area contributed by atoms with Gasteiger partial charge in [-0.3, -0.25) is 9.69 Å². The second-order valence-electron chi connectivity index (χ2n) is 2.18. The van der Waals surface area contributed by atoms with Gasteiger partial charge in [-0.25, -0.2) is 0 Å². The van der Waals surface area contributed by atoms with E-state index in [0.717, 1.165) is 0 Å². The minimum Gasteiger partial charge on any atom is -0.465 e. The van der Waals surface area contributed by atoms with E-state index in [-0.39, 0.29) is 12.5 Å². The van der Waals surface area contributed by atoms with Gasteiger partial charge in [0.05, 0.1) is 19.7 Å². The van der Waals surface area contributed by atoms with Crippen LogP contribution in [-0.4, -0.2) is 37.6 Å². The van der Waals surface area contributed by atoms with Crippen molar-refractivity contribution >= 4 is 5.97 Å². The molecule has 0 aromatic rings. The quantitative estimate of drug-likeness (QED) is 0.486. The molecule has 0 radical (unpaired) electrons. The summed E-state index contributed by atoms with van der Waals surface area (Å²) in [6.45, 7) is 6.93. The lowest BCUT2D eigenvalue weighted by Crippen LogP contribution is -2.27. The Balaban J connectivity index is 0. The fraction of sp³-hybridized carbons (Fsp3) is 0.700. The van der Waals surface area contributed by atoms with Crippen molar-refractivity contribution in [3.05, 3.63) is 0 Å². The molecule has 0 unspecified atom stereocenters. The number of carbonyl (C=O) groups is 1. The second-order valence-corrected chi connectivity index (χ2v) is 2.18. The molecule has 0 bridgehead atoms. The van der Waals surface area contributed by atoms with Crippen LogP contribution in [-0.2, 0) is 9.53 Å². The number of nitrogens with zero attached hydrogens (tertiary/aromatic N) is 1. The molecule has 13 heavy (non-hydrogen) atoms. The van der Waals surface area contributed by atoms with E-state index in [1.807, 2.05) is 13.8 Å². The van der Waals surface area contributed by atoms with E-state index in [0.29, 0.717) is 13.2 Å². The van der Waals surface area contributed by atoms with Crippen molar-refractivity contribution in [2.24, 2.45) is 0 Å². The Hall–Kier alpha value is -1.01. The molecule has 0 rings (SSSR count). The van der Waals surface area contributed by atoms with Crippen molar-refractivity contribution in [1.29, 1.82) is 0 Å². The van der Waals surface area contributed by atoms with E-state index in [1.54, 1.807) is 18.9 Å². The van der Waals surface area contributed by atoms with Crippen LogP contribution in [0.4, 0.5) is 0 Å².